The monoisotopic (exact) mass is 412 g/mol. The van der Waals surface area contributed by atoms with Gasteiger partial charge in [0.25, 0.3) is 0 Å². The maximum Gasteiger partial charge on any atom is 0.331 e. The minimum Gasteiger partial charge on any atom is -0.497 e. The molecule has 0 amide bonds. The van der Waals surface area contributed by atoms with Gasteiger partial charge in [-0.25, -0.2) is 9.59 Å². The second-order valence-electron chi connectivity index (χ2n) is 5.86. The van der Waals surface area contributed by atoms with Crippen molar-refractivity contribution in [2.24, 2.45) is 0 Å². The molecule has 0 aliphatic heterocycles. The van der Waals surface area contributed by atoms with Crippen molar-refractivity contribution in [1.29, 1.82) is 0 Å². The summed E-state index contributed by atoms with van der Waals surface area (Å²) in [5.41, 5.74) is 0.642. The third-order valence-corrected chi connectivity index (χ3v) is 3.83. The van der Waals surface area contributed by atoms with Crippen LogP contribution in [0.5, 0.6) is 11.5 Å². The van der Waals surface area contributed by atoms with Crippen LogP contribution >= 0.6 is 0 Å². The molecule has 8 heteroatoms. The first-order valence-corrected chi connectivity index (χ1v) is 8.79. The Hall–Kier alpha value is -3.94. The Labute approximate surface area is 173 Å². The Morgan fingerprint density at radius 1 is 0.700 bits per heavy atom. The molecule has 0 saturated carbocycles. The molecule has 0 unspecified atom stereocenters. The van der Waals surface area contributed by atoms with Crippen LogP contribution in [0.1, 0.15) is 20.7 Å². The Balaban J connectivity index is 1.77. The van der Waals surface area contributed by atoms with Crippen molar-refractivity contribution < 1.29 is 38.1 Å². The second kappa shape index (κ2) is 11.2. The summed E-state index contributed by atoms with van der Waals surface area (Å²) in [4.78, 5) is 47.4. The molecule has 2 rings (SSSR count). The van der Waals surface area contributed by atoms with E-state index in [1.807, 2.05) is 0 Å². The van der Waals surface area contributed by atoms with E-state index in [2.05, 4.69) is 0 Å². The zero-order chi connectivity index (χ0) is 21.9. The van der Waals surface area contributed by atoms with Gasteiger partial charge < -0.3 is 18.9 Å². The fourth-order valence-electron chi connectivity index (χ4n) is 2.27. The standard InChI is InChI=1S/C22H20O8/c1-27-17-7-3-5-15(11-17)19(23)13-29-21(25)9-10-22(26)30-14-20(24)16-6-4-8-18(12-16)28-2/h3-12H,13-14H2,1-2H3/b10-9+. The highest BCUT2D eigenvalue weighted by Crippen LogP contribution is 2.14. The molecule has 30 heavy (non-hydrogen) atoms. The van der Waals surface area contributed by atoms with Crippen LogP contribution < -0.4 is 9.47 Å². The Morgan fingerprint density at radius 2 is 1.10 bits per heavy atom. The van der Waals surface area contributed by atoms with Crippen molar-refractivity contribution in [3.8, 4) is 11.5 Å². The SMILES string of the molecule is COc1cccc(C(=O)COC(=O)/C=C/C(=O)OCC(=O)c2cccc(OC)c2)c1. The zero-order valence-corrected chi connectivity index (χ0v) is 16.5. The number of hydrogen-bond donors (Lipinski definition) is 0. The van der Waals surface area contributed by atoms with Crippen molar-refractivity contribution in [1.82, 2.24) is 0 Å². The fourth-order valence-corrected chi connectivity index (χ4v) is 2.27. The predicted octanol–water partition coefficient (Wildman–Crippen LogP) is 2.41. The minimum atomic E-state index is -0.901. The lowest BCUT2D eigenvalue weighted by atomic mass is 10.1. The number of carbonyl (C=O) groups excluding carboxylic acids is 4. The molecule has 0 fully saturated rings. The van der Waals surface area contributed by atoms with Gasteiger partial charge in [-0.2, -0.15) is 0 Å². The van der Waals surface area contributed by atoms with Gasteiger partial charge in [0.1, 0.15) is 11.5 Å². The van der Waals surface area contributed by atoms with Crippen molar-refractivity contribution in [2.45, 2.75) is 0 Å². The van der Waals surface area contributed by atoms with Gasteiger partial charge in [-0.15, -0.1) is 0 Å². The van der Waals surface area contributed by atoms with Crippen LogP contribution in [0.3, 0.4) is 0 Å². The van der Waals surface area contributed by atoms with Crippen LogP contribution in [0.25, 0.3) is 0 Å². The van der Waals surface area contributed by atoms with E-state index >= 15 is 0 Å². The van der Waals surface area contributed by atoms with E-state index < -0.39 is 36.7 Å². The molecule has 0 saturated heterocycles. The normalized spacial score (nSPS) is 10.3. The summed E-state index contributed by atoms with van der Waals surface area (Å²) in [6.45, 7) is -1.00. The van der Waals surface area contributed by atoms with Crippen LogP contribution in [-0.4, -0.2) is 50.9 Å². The first-order chi connectivity index (χ1) is 14.4. The predicted molar refractivity (Wildman–Crippen MR) is 106 cm³/mol. The third kappa shape index (κ3) is 6.90. The number of esters is 2. The average molecular weight is 412 g/mol. The lowest BCUT2D eigenvalue weighted by molar-refractivity contribution is -0.139. The van der Waals surface area contributed by atoms with E-state index in [4.69, 9.17) is 18.9 Å². The molecule has 0 aliphatic carbocycles. The van der Waals surface area contributed by atoms with Gasteiger partial charge in [0.2, 0.25) is 0 Å². The molecule has 0 aromatic heterocycles. The average Bonchev–Trinajstić information content (AvgIpc) is 2.79. The Morgan fingerprint density at radius 3 is 1.47 bits per heavy atom. The van der Waals surface area contributed by atoms with Crippen molar-refractivity contribution in [3.05, 3.63) is 71.8 Å². The van der Waals surface area contributed by atoms with Crippen molar-refractivity contribution in [3.63, 3.8) is 0 Å². The van der Waals surface area contributed by atoms with Gasteiger partial charge in [0.15, 0.2) is 24.8 Å². The number of ketones is 2. The number of Topliss-reactive ketones (excluding diaryl/α,β-unsaturated/α-hetero) is 2. The van der Waals surface area contributed by atoms with Gasteiger partial charge in [-0.05, 0) is 24.3 Å². The van der Waals surface area contributed by atoms with E-state index in [1.54, 1.807) is 36.4 Å². The van der Waals surface area contributed by atoms with E-state index in [9.17, 15) is 19.2 Å². The molecular formula is C22H20O8. The summed E-state index contributed by atoms with van der Waals surface area (Å²) < 4.78 is 19.6. The summed E-state index contributed by atoms with van der Waals surface area (Å²) in [5, 5.41) is 0. The minimum absolute atomic E-state index is 0.321. The molecule has 0 spiro atoms. The molecule has 0 radical (unpaired) electrons. The van der Waals surface area contributed by atoms with Gasteiger partial charge >= 0.3 is 11.9 Å². The number of hydrogen-bond acceptors (Lipinski definition) is 8. The highest BCUT2D eigenvalue weighted by molar-refractivity contribution is 6.00. The molecule has 0 N–H and O–H groups in total. The van der Waals surface area contributed by atoms with E-state index in [1.165, 1.54) is 26.4 Å². The smallest absolute Gasteiger partial charge is 0.331 e. The molecule has 0 bridgehead atoms. The summed E-state index contributed by atoms with van der Waals surface area (Å²) in [6.07, 6.45) is 1.63. The topological polar surface area (TPSA) is 105 Å². The number of ether oxygens (including phenoxy) is 4. The van der Waals surface area contributed by atoms with Crippen LogP contribution in [0, 0.1) is 0 Å². The number of methoxy groups -OCH3 is 2. The maximum absolute atomic E-state index is 12.0. The molecule has 0 heterocycles. The first-order valence-electron chi connectivity index (χ1n) is 8.79. The van der Waals surface area contributed by atoms with E-state index in [0.717, 1.165) is 12.2 Å². The van der Waals surface area contributed by atoms with Gasteiger partial charge in [-0.3, -0.25) is 9.59 Å². The molecule has 2 aromatic carbocycles. The number of benzene rings is 2. The van der Waals surface area contributed by atoms with Gasteiger partial charge in [0, 0.05) is 23.3 Å². The molecular weight excluding hydrogens is 392 g/mol. The van der Waals surface area contributed by atoms with Crippen molar-refractivity contribution in [2.75, 3.05) is 27.4 Å². The quantitative estimate of drug-likeness (QED) is 0.333. The lowest BCUT2D eigenvalue weighted by Gasteiger charge is -2.05. The van der Waals surface area contributed by atoms with E-state index in [-0.39, 0.29) is 0 Å². The molecule has 2 aromatic rings. The maximum atomic E-state index is 12.0. The third-order valence-electron chi connectivity index (χ3n) is 3.83. The number of rotatable bonds is 10. The molecule has 0 atom stereocenters. The van der Waals surface area contributed by atoms with Crippen LogP contribution in [0.2, 0.25) is 0 Å². The van der Waals surface area contributed by atoms with Gasteiger partial charge in [0.05, 0.1) is 14.2 Å². The van der Waals surface area contributed by atoms with Crippen LogP contribution in [-0.2, 0) is 19.1 Å². The highest BCUT2D eigenvalue weighted by atomic mass is 16.5. The van der Waals surface area contributed by atoms with Crippen LogP contribution in [0.15, 0.2) is 60.7 Å². The highest BCUT2D eigenvalue weighted by Gasteiger charge is 2.11. The summed E-state index contributed by atoms with van der Waals surface area (Å²) in [6, 6.07) is 12.8. The van der Waals surface area contributed by atoms with Crippen LogP contribution in [0.4, 0.5) is 0 Å². The zero-order valence-electron chi connectivity index (χ0n) is 16.5. The Bertz CT molecular complexity index is 884. The molecule has 0 aliphatic rings. The summed E-state index contributed by atoms with van der Waals surface area (Å²) >= 11 is 0. The second-order valence-corrected chi connectivity index (χ2v) is 5.86. The summed E-state index contributed by atoms with van der Waals surface area (Å²) in [5.74, 6) is -1.66. The first kappa shape index (κ1) is 22.4. The molecule has 8 nitrogen and oxygen atoms in total. The number of carbonyl (C=O) groups is 4. The Kier molecular flexibility index (Phi) is 8.31. The largest absolute Gasteiger partial charge is 0.497 e. The summed E-state index contributed by atoms with van der Waals surface area (Å²) in [7, 11) is 2.94. The lowest BCUT2D eigenvalue weighted by Crippen LogP contribution is -2.14. The fraction of sp³-hybridized carbons (Fsp3) is 0.182. The molecule has 156 valence electrons. The van der Waals surface area contributed by atoms with E-state index in [0.29, 0.717) is 22.6 Å². The van der Waals surface area contributed by atoms with Gasteiger partial charge in [-0.1, -0.05) is 24.3 Å². The van der Waals surface area contributed by atoms with Crippen molar-refractivity contribution >= 4 is 23.5 Å².